The molecule has 2 aromatic heterocycles. The Kier molecular flexibility index (Phi) is 4.58. The van der Waals surface area contributed by atoms with Gasteiger partial charge >= 0.3 is 5.97 Å². The Hall–Kier alpha value is -2.66. The van der Waals surface area contributed by atoms with E-state index in [1.54, 1.807) is 25.3 Å². The zero-order valence-corrected chi connectivity index (χ0v) is 13.0. The largest absolute Gasteiger partial charge is 0.449 e. The molecular weight excluding hydrogens is 306 g/mol. The summed E-state index contributed by atoms with van der Waals surface area (Å²) >= 11 is 1.22. The van der Waals surface area contributed by atoms with Gasteiger partial charge in [-0.2, -0.15) is 5.26 Å². The molecule has 22 heavy (non-hydrogen) atoms. The molecule has 1 unspecified atom stereocenters. The van der Waals surface area contributed by atoms with E-state index in [0.717, 1.165) is 0 Å². The lowest BCUT2D eigenvalue weighted by molar-refractivity contribution is -0.123. The first-order chi connectivity index (χ1) is 10.4. The summed E-state index contributed by atoms with van der Waals surface area (Å²) in [6, 6.07) is 3.56. The molecule has 0 aromatic carbocycles. The molecule has 0 saturated carbocycles. The fourth-order valence-electron chi connectivity index (χ4n) is 1.76. The van der Waals surface area contributed by atoms with Crippen LogP contribution in [0, 0.1) is 25.2 Å². The molecule has 0 spiro atoms. The molecule has 2 rings (SSSR count). The highest BCUT2D eigenvalue weighted by Crippen LogP contribution is 2.22. The van der Waals surface area contributed by atoms with Gasteiger partial charge in [-0.25, -0.2) is 4.79 Å². The predicted octanol–water partition coefficient (Wildman–Crippen LogP) is 2.41. The lowest BCUT2D eigenvalue weighted by Gasteiger charge is -2.12. The van der Waals surface area contributed by atoms with E-state index in [9.17, 15) is 9.59 Å². The third-order valence-corrected chi connectivity index (χ3v) is 3.74. The average Bonchev–Trinajstić information content (AvgIpc) is 3.05. The van der Waals surface area contributed by atoms with Gasteiger partial charge in [-0.15, -0.1) is 11.3 Å². The molecule has 0 saturated heterocycles. The number of esters is 1. The van der Waals surface area contributed by atoms with Crippen LogP contribution in [0.3, 0.4) is 0 Å². The van der Waals surface area contributed by atoms with Crippen LogP contribution in [-0.4, -0.2) is 23.1 Å². The van der Waals surface area contributed by atoms with Crippen molar-refractivity contribution in [1.29, 1.82) is 5.26 Å². The van der Waals surface area contributed by atoms with Crippen LogP contribution < -0.4 is 5.32 Å². The monoisotopic (exact) mass is 319 g/mol. The first-order valence-corrected chi connectivity index (χ1v) is 7.24. The topological polar surface area (TPSA) is 105 Å². The molecule has 1 amide bonds. The third-order valence-electron chi connectivity index (χ3n) is 2.91. The summed E-state index contributed by atoms with van der Waals surface area (Å²) in [4.78, 5) is 24.1. The number of hydrogen-bond acceptors (Lipinski definition) is 7. The van der Waals surface area contributed by atoms with Gasteiger partial charge in [0.05, 0.1) is 11.3 Å². The Labute approximate surface area is 130 Å². The van der Waals surface area contributed by atoms with Gasteiger partial charge in [-0.05, 0) is 32.2 Å². The van der Waals surface area contributed by atoms with Crippen LogP contribution in [0.15, 0.2) is 16.0 Å². The van der Waals surface area contributed by atoms with Crippen LogP contribution in [0.5, 0.6) is 0 Å². The summed E-state index contributed by atoms with van der Waals surface area (Å²) in [5.74, 6) is -0.857. The van der Waals surface area contributed by atoms with Crippen LogP contribution >= 0.6 is 11.3 Å². The van der Waals surface area contributed by atoms with E-state index in [0.29, 0.717) is 22.0 Å². The zero-order valence-electron chi connectivity index (χ0n) is 12.2. The summed E-state index contributed by atoms with van der Waals surface area (Å²) in [6.07, 6.45) is -1.02. The summed E-state index contributed by atoms with van der Waals surface area (Å²) in [6.45, 7) is 4.65. The van der Waals surface area contributed by atoms with Crippen LogP contribution in [0.4, 0.5) is 5.00 Å². The number of nitriles is 1. The minimum Gasteiger partial charge on any atom is -0.449 e. The Morgan fingerprint density at radius 2 is 2.23 bits per heavy atom. The van der Waals surface area contributed by atoms with E-state index in [-0.39, 0.29) is 5.56 Å². The Morgan fingerprint density at radius 3 is 2.82 bits per heavy atom. The number of anilines is 1. The van der Waals surface area contributed by atoms with Gasteiger partial charge in [0.25, 0.3) is 5.91 Å². The van der Waals surface area contributed by atoms with Crippen molar-refractivity contribution in [3.05, 3.63) is 34.0 Å². The zero-order chi connectivity index (χ0) is 16.3. The SMILES string of the molecule is Cc1noc(C)c1C(=O)OC(C)C(=O)Nc1sccc1C#N. The molecule has 0 bridgehead atoms. The second kappa shape index (κ2) is 6.41. The highest BCUT2D eigenvalue weighted by Gasteiger charge is 2.24. The van der Waals surface area contributed by atoms with Gasteiger partial charge in [0, 0.05) is 0 Å². The van der Waals surface area contributed by atoms with Crippen molar-refractivity contribution in [3.8, 4) is 6.07 Å². The highest BCUT2D eigenvalue weighted by atomic mass is 32.1. The maximum atomic E-state index is 12.0. The Bertz CT molecular complexity index is 737. The molecule has 114 valence electrons. The molecular formula is C14H13N3O4S. The molecule has 2 heterocycles. The summed E-state index contributed by atoms with van der Waals surface area (Å²) in [5, 5.41) is 17.2. The minimum atomic E-state index is -1.02. The van der Waals surface area contributed by atoms with Gasteiger partial charge in [0.2, 0.25) is 0 Å². The van der Waals surface area contributed by atoms with Crippen LogP contribution in [0.1, 0.15) is 34.3 Å². The van der Waals surface area contributed by atoms with E-state index in [1.807, 2.05) is 6.07 Å². The lowest BCUT2D eigenvalue weighted by atomic mass is 10.2. The second-order valence-electron chi connectivity index (χ2n) is 4.51. The number of ether oxygens (including phenoxy) is 1. The number of aromatic nitrogens is 1. The van der Waals surface area contributed by atoms with E-state index in [1.165, 1.54) is 18.3 Å². The first-order valence-electron chi connectivity index (χ1n) is 6.36. The van der Waals surface area contributed by atoms with Gasteiger partial charge in [-0.1, -0.05) is 5.16 Å². The first kappa shape index (κ1) is 15.7. The number of thiophene rings is 1. The molecule has 0 aliphatic rings. The lowest BCUT2D eigenvalue weighted by Crippen LogP contribution is -2.30. The maximum Gasteiger partial charge on any atom is 0.344 e. The molecule has 0 aliphatic carbocycles. The van der Waals surface area contributed by atoms with Gasteiger partial charge in [-0.3, -0.25) is 4.79 Å². The standard InChI is InChI=1S/C14H13N3O4S/c1-7-11(8(2)21-17-7)14(19)20-9(3)12(18)16-13-10(6-15)4-5-22-13/h4-5,9H,1-3H3,(H,16,18). The molecule has 1 atom stereocenters. The molecule has 0 radical (unpaired) electrons. The van der Waals surface area contributed by atoms with Crippen molar-refractivity contribution >= 4 is 28.2 Å². The molecule has 1 N–H and O–H groups in total. The Morgan fingerprint density at radius 1 is 1.50 bits per heavy atom. The number of hydrogen-bond donors (Lipinski definition) is 1. The fraction of sp³-hybridized carbons (Fsp3) is 0.286. The van der Waals surface area contributed by atoms with Gasteiger partial charge < -0.3 is 14.6 Å². The van der Waals surface area contributed by atoms with Crippen molar-refractivity contribution in [1.82, 2.24) is 5.16 Å². The molecule has 0 fully saturated rings. The number of nitrogens with zero attached hydrogens (tertiary/aromatic N) is 2. The number of nitrogens with one attached hydrogen (secondary N) is 1. The molecule has 0 aliphatic heterocycles. The van der Waals surface area contributed by atoms with E-state index in [2.05, 4.69) is 10.5 Å². The van der Waals surface area contributed by atoms with Crippen molar-refractivity contribution in [2.75, 3.05) is 5.32 Å². The second-order valence-corrected chi connectivity index (χ2v) is 5.43. The smallest absolute Gasteiger partial charge is 0.344 e. The third kappa shape index (κ3) is 3.15. The van der Waals surface area contributed by atoms with E-state index in [4.69, 9.17) is 14.5 Å². The van der Waals surface area contributed by atoms with Crippen LogP contribution in [0.2, 0.25) is 0 Å². The molecule has 8 heteroatoms. The number of carbonyl (C=O) groups is 2. The summed E-state index contributed by atoms with van der Waals surface area (Å²) in [5.41, 5.74) is 0.983. The van der Waals surface area contributed by atoms with Crippen molar-refractivity contribution < 1.29 is 18.8 Å². The molecule has 7 nitrogen and oxygen atoms in total. The average molecular weight is 319 g/mol. The normalized spacial score (nSPS) is 11.5. The van der Waals surface area contributed by atoms with E-state index < -0.39 is 18.0 Å². The summed E-state index contributed by atoms with van der Waals surface area (Å²) < 4.78 is 10.00. The van der Waals surface area contributed by atoms with Crippen molar-refractivity contribution in [2.45, 2.75) is 26.9 Å². The number of rotatable bonds is 4. The van der Waals surface area contributed by atoms with Crippen LogP contribution in [-0.2, 0) is 9.53 Å². The molecule has 2 aromatic rings. The predicted molar refractivity (Wildman–Crippen MR) is 78.5 cm³/mol. The summed E-state index contributed by atoms with van der Waals surface area (Å²) in [7, 11) is 0. The number of carbonyl (C=O) groups excluding carboxylic acids is 2. The minimum absolute atomic E-state index is 0.216. The van der Waals surface area contributed by atoms with E-state index >= 15 is 0 Å². The maximum absolute atomic E-state index is 12.0. The van der Waals surface area contributed by atoms with Gasteiger partial charge in [0.15, 0.2) is 6.10 Å². The quantitative estimate of drug-likeness (QED) is 0.868. The fourth-order valence-corrected chi connectivity index (χ4v) is 2.50. The number of aryl methyl sites for hydroxylation is 2. The number of amides is 1. The van der Waals surface area contributed by atoms with Gasteiger partial charge in [0.1, 0.15) is 22.4 Å². The van der Waals surface area contributed by atoms with Crippen molar-refractivity contribution in [2.24, 2.45) is 0 Å². The Balaban J connectivity index is 2.03. The van der Waals surface area contributed by atoms with Crippen LogP contribution in [0.25, 0.3) is 0 Å². The highest BCUT2D eigenvalue weighted by molar-refractivity contribution is 7.14. The van der Waals surface area contributed by atoms with Crippen molar-refractivity contribution in [3.63, 3.8) is 0 Å².